The van der Waals surface area contributed by atoms with Gasteiger partial charge < -0.3 is 0 Å². The second-order valence-electron chi connectivity index (χ2n) is 4.66. The number of alkyl halides is 13. The number of rotatable bonds is 6. The third-order valence-electron chi connectivity index (χ3n) is 2.88. The molecule has 1 unspecified atom stereocenters. The third kappa shape index (κ3) is 2.95. The van der Waals surface area contributed by atoms with Gasteiger partial charge in [-0.25, -0.2) is 0 Å². The van der Waals surface area contributed by atoms with Crippen molar-refractivity contribution < 1.29 is 57.1 Å². The van der Waals surface area contributed by atoms with E-state index in [1.165, 1.54) is 0 Å². The summed E-state index contributed by atoms with van der Waals surface area (Å²) in [5.41, 5.74) is 0. The van der Waals surface area contributed by atoms with Crippen LogP contribution >= 0.6 is 11.8 Å². The SMILES string of the molecule is FC(F)(F)C(F)(F)C(F)(F)C(F)(F)C(F)(F)C(F)(F)CC1CS1. The second-order valence-corrected chi connectivity index (χ2v) is 5.99. The molecule has 14 heteroatoms. The summed E-state index contributed by atoms with van der Waals surface area (Å²) in [4.78, 5) is 0. The Morgan fingerprint density at radius 1 is 0.609 bits per heavy atom. The Bertz CT molecular complexity index is 447. The van der Waals surface area contributed by atoms with Gasteiger partial charge in [0.2, 0.25) is 0 Å². The fraction of sp³-hybridized carbons (Fsp3) is 1.00. The van der Waals surface area contributed by atoms with Crippen molar-refractivity contribution in [2.24, 2.45) is 0 Å². The molecule has 138 valence electrons. The quantitative estimate of drug-likeness (QED) is 0.441. The summed E-state index contributed by atoms with van der Waals surface area (Å²) in [5.74, 6) is -36.4. The zero-order valence-corrected chi connectivity index (χ0v) is 11.1. The topological polar surface area (TPSA) is 0 Å². The lowest BCUT2D eigenvalue weighted by atomic mass is 9.92. The van der Waals surface area contributed by atoms with E-state index < -0.39 is 47.5 Å². The number of hydrogen-bond donors (Lipinski definition) is 0. The largest absolute Gasteiger partial charge is 0.460 e. The van der Waals surface area contributed by atoms with Gasteiger partial charge in [0.25, 0.3) is 0 Å². The Hall–Kier alpha value is -0.560. The van der Waals surface area contributed by atoms with Gasteiger partial charge in [-0.3, -0.25) is 0 Å². The minimum absolute atomic E-state index is 0.202. The van der Waals surface area contributed by atoms with Crippen LogP contribution in [0.2, 0.25) is 0 Å². The molecule has 1 atom stereocenters. The van der Waals surface area contributed by atoms with Crippen LogP contribution in [0.5, 0.6) is 0 Å². The molecule has 0 amide bonds. The van der Waals surface area contributed by atoms with Gasteiger partial charge in [-0.2, -0.15) is 68.8 Å². The zero-order chi connectivity index (χ0) is 18.7. The van der Waals surface area contributed by atoms with Crippen molar-refractivity contribution in [2.75, 3.05) is 5.75 Å². The highest BCUT2D eigenvalue weighted by Gasteiger charge is 2.90. The molecular weight excluding hydrogens is 387 g/mol. The first-order chi connectivity index (χ1) is 9.83. The Labute approximate surface area is 123 Å². The Morgan fingerprint density at radius 3 is 1.26 bits per heavy atom. The zero-order valence-electron chi connectivity index (χ0n) is 10.3. The minimum Gasteiger partial charge on any atom is -0.200 e. The molecule has 0 N–H and O–H groups in total. The molecule has 1 heterocycles. The fourth-order valence-electron chi connectivity index (χ4n) is 1.40. The van der Waals surface area contributed by atoms with Crippen molar-refractivity contribution in [3.8, 4) is 0 Å². The van der Waals surface area contributed by atoms with E-state index >= 15 is 0 Å². The first-order valence-corrected chi connectivity index (χ1v) is 6.45. The maximum absolute atomic E-state index is 13.1. The predicted molar refractivity (Wildman–Crippen MR) is 51.7 cm³/mol. The molecule has 0 saturated carbocycles. The fourth-order valence-corrected chi connectivity index (χ4v) is 1.98. The lowest BCUT2D eigenvalue weighted by Crippen LogP contribution is -2.70. The van der Waals surface area contributed by atoms with Gasteiger partial charge in [0, 0.05) is 17.4 Å². The van der Waals surface area contributed by atoms with Crippen LogP contribution in [0, 0.1) is 0 Å². The number of hydrogen-bond acceptors (Lipinski definition) is 1. The van der Waals surface area contributed by atoms with E-state index in [2.05, 4.69) is 0 Å². The molecule has 0 aromatic carbocycles. The molecule has 23 heavy (non-hydrogen) atoms. The van der Waals surface area contributed by atoms with Crippen LogP contribution < -0.4 is 0 Å². The van der Waals surface area contributed by atoms with E-state index in [9.17, 15) is 57.1 Å². The maximum atomic E-state index is 13.1. The second kappa shape index (κ2) is 5.22. The summed E-state index contributed by atoms with van der Waals surface area (Å²) >= 11 is 0.565. The molecule has 0 radical (unpaired) electrons. The van der Waals surface area contributed by atoms with Crippen molar-refractivity contribution in [1.82, 2.24) is 0 Å². The molecule has 0 aromatic rings. The molecule has 1 fully saturated rings. The molecule has 0 aromatic heterocycles. The summed E-state index contributed by atoms with van der Waals surface area (Å²) in [7, 11) is 0. The number of thioether (sulfide) groups is 1. The first kappa shape index (κ1) is 20.5. The summed E-state index contributed by atoms with van der Waals surface area (Å²) in [5, 5.41) is -1.32. The molecule has 1 saturated heterocycles. The van der Waals surface area contributed by atoms with Crippen LogP contribution in [0.25, 0.3) is 0 Å². The predicted octanol–water partition coefficient (Wildman–Crippen LogP) is 5.23. The molecule has 1 aliphatic rings. The Balaban J connectivity index is 3.30. The average molecular weight is 392 g/mol. The molecular formula is C9H5F13S. The standard InChI is InChI=1S/C9H5F13S/c10-4(11,1-3-2-23-3)5(12,13)6(14,15)7(16,17)8(18,19)9(20,21)22/h3H,1-2H2. The van der Waals surface area contributed by atoms with Crippen LogP contribution in [0.1, 0.15) is 6.42 Å². The normalized spacial score (nSPS) is 21.5. The molecule has 0 spiro atoms. The van der Waals surface area contributed by atoms with Crippen molar-refractivity contribution >= 4 is 11.8 Å². The highest BCUT2D eigenvalue weighted by Crippen LogP contribution is 2.61. The van der Waals surface area contributed by atoms with Crippen molar-refractivity contribution in [2.45, 2.75) is 47.5 Å². The maximum Gasteiger partial charge on any atom is 0.460 e. The Morgan fingerprint density at radius 2 is 0.957 bits per heavy atom. The van der Waals surface area contributed by atoms with Crippen molar-refractivity contribution in [3.63, 3.8) is 0 Å². The Kier molecular flexibility index (Phi) is 4.65. The van der Waals surface area contributed by atoms with Crippen LogP contribution in [-0.2, 0) is 0 Å². The number of halogens is 13. The van der Waals surface area contributed by atoms with Crippen LogP contribution in [-0.4, -0.2) is 46.8 Å². The third-order valence-corrected chi connectivity index (χ3v) is 3.86. The van der Waals surface area contributed by atoms with Gasteiger partial charge >= 0.3 is 35.8 Å². The lowest BCUT2D eigenvalue weighted by molar-refractivity contribution is -0.440. The van der Waals surface area contributed by atoms with E-state index in [1.54, 1.807) is 0 Å². The van der Waals surface area contributed by atoms with Gasteiger partial charge in [0.1, 0.15) is 0 Å². The molecule has 1 rings (SSSR count). The molecule has 0 bridgehead atoms. The van der Waals surface area contributed by atoms with Crippen LogP contribution in [0.15, 0.2) is 0 Å². The van der Waals surface area contributed by atoms with E-state index in [0.29, 0.717) is 11.8 Å². The smallest absolute Gasteiger partial charge is 0.200 e. The molecule has 1 aliphatic heterocycles. The van der Waals surface area contributed by atoms with Crippen molar-refractivity contribution in [3.05, 3.63) is 0 Å². The highest BCUT2D eigenvalue weighted by molar-refractivity contribution is 8.06. The molecule has 0 nitrogen and oxygen atoms in total. The lowest BCUT2D eigenvalue weighted by Gasteiger charge is -2.39. The van der Waals surface area contributed by atoms with Gasteiger partial charge in [0.05, 0.1) is 0 Å². The van der Waals surface area contributed by atoms with E-state index in [4.69, 9.17) is 0 Å². The van der Waals surface area contributed by atoms with Gasteiger partial charge in [-0.1, -0.05) is 0 Å². The minimum atomic E-state index is -7.80. The van der Waals surface area contributed by atoms with Gasteiger partial charge in [-0.05, 0) is 0 Å². The highest BCUT2D eigenvalue weighted by atomic mass is 32.2. The van der Waals surface area contributed by atoms with Crippen molar-refractivity contribution in [1.29, 1.82) is 0 Å². The summed E-state index contributed by atoms with van der Waals surface area (Å²) < 4.78 is 164. The van der Waals surface area contributed by atoms with Gasteiger partial charge in [-0.15, -0.1) is 0 Å². The van der Waals surface area contributed by atoms with Crippen LogP contribution in [0.4, 0.5) is 57.1 Å². The summed E-state index contributed by atoms with van der Waals surface area (Å²) in [6.45, 7) is 0. The molecule has 0 aliphatic carbocycles. The van der Waals surface area contributed by atoms with E-state index in [-0.39, 0.29) is 5.75 Å². The van der Waals surface area contributed by atoms with E-state index in [0.717, 1.165) is 0 Å². The average Bonchev–Trinajstić information content (AvgIpc) is 3.09. The van der Waals surface area contributed by atoms with E-state index in [1.807, 2.05) is 0 Å². The summed E-state index contributed by atoms with van der Waals surface area (Å²) in [6, 6.07) is 0. The summed E-state index contributed by atoms with van der Waals surface area (Å²) in [6.07, 6.45) is -9.44. The van der Waals surface area contributed by atoms with Crippen LogP contribution in [0.3, 0.4) is 0 Å². The monoisotopic (exact) mass is 392 g/mol. The first-order valence-electron chi connectivity index (χ1n) is 5.40. The van der Waals surface area contributed by atoms with Gasteiger partial charge in [0.15, 0.2) is 0 Å².